The molecule has 0 fully saturated rings. The molecular weight excluding hydrogens is 184 g/mol. The van der Waals surface area contributed by atoms with Crippen LogP contribution in [0.15, 0.2) is 30.0 Å². The van der Waals surface area contributed by atoms with Crippen LogP contribution in [0, 0.1) is 0 Å². The molecule has 0 aliphatic carbocycles. The van der Waals surface area contributed by atoms with Crippen LogP contribution < -0.4 is 0 Å². The van der Waals surface area contributed by atoms with Crippen LogP contribution in [0.2, 0.25) is 0 Å². The Morgan fingerprint density at radius 3 is 3.00 bits per heavy atom. The summed E-state index contributed by atoms with van der Waals surface area (Å²) < 4.78 is 0. The molecule has 0 bridgehead atoms. The first-order valence-corrected chi connectivity index (χ1v) is 4.59. The predicted octanol–water partition coefficient (Wildman–Crippen LogP) is 2.02. The first-order valence-electron chi connectivity index (χ1n) is 3.71. The topological polar surface area (TPSA) is 42.9 Å². The Bertz CT molecular complexity index is 411. The van der Waals surface area contributed by atoms with Crippen LogP contribution in [0.5, 0.6) is 0 Å². The maximum absolute atomic E-state index is 10.6. The lowest BCUT2D eigenvalue weighted by Gasteiger charge is -1.94. The Morgan fingerprint density at radius 2 is 2.31 bits per heavy atom. The van der Waals surface area contributed by atoms with Crippen molar-refractivity contribution in [1.29, 1.82) is 0 Å². The van der Waals surface area contributed by atoms with Gasteiger partial charge in [0.15, 0.2) is 6.29 Å². The molecule has 64 valence electrons. The lowest BCUT2D eigenvalue weighted by molar-refractivity contribution is 0.112. The summed E-state index contributed by atoms with van der Waals surface area (Å²) in [5.41, 5.74) is 1.42. The minimum atomic E-state index is 0.672. The first kappa shape index (κ1) is 8.07. The number of hydrogen-bond donors (Lipinski definition) is 0. The Kier molecular flexibility index (Phi) is 2.14. The van der Waals surface area contributed by atoms with E-state index in [9.17, 15) is 4.79 Å². The summed E-state index contributed by atoms with van der Waals surface area (Å²) in [6.45, 7) is 0. The van der Waals surface area contributed by atoms with Crippen LogP contribution >= 0.6 is 11.3 Å². The van der Waals surface area contributed by atoms with Crippen molar-refractivity contribution in [3.63, 3.8) is 0 Å². The van der Waals surface area contributed by atoms with Gasteiger partial charge in [0.1, 0.15) is 0 Å². The average Bonchev–Trinajstić information content (AvgIpc) is 2.67. The maximum atomic E-state index is 10.6. The van der Waals surface area contributed by atoms with E-state index in [0.29, 0.717) is 5.56 Å². The van der Waals surface area contributed by atoms with Crippen molar-refractivity contribution < 1.29 is 4.79 Å². The Morgan fingerprint density at radius 1 is 1.38 bits per heavy atom. The maximum Gasteiger partial charge on any atom is 0.151 e. The van der Waals surface area contributed by atoms with E-state index in [1.54, 1.807) is 24.7 Å². The quantitative estimate of drug-likeness (QED) is 0.680. The molecule has 0 aliphatic heterocycles. The highest BCUT2D eigenvalue weighted by Crippen LogP contribution is 2.25. The summed E-state index contributed by atoms with van der Waals surface area (Å²) in [6, 6.07) is 1.78. The second-order valence-corrected chi connectivity index (χ2v) is 3.33. The predicted molar refractivity (Wildman–Crippen MR) is 50.7 cm³/mol. The molecular formula is C9H6N2OS. The van der Waals surface area contributed by atoms with Gasteiger partial charge in [0.05, 0.1) is 16.8 Å². The lowest BCUT2D eigenvalue weighted by Crippen LogP contribution is -1.84. The van der Waals surface area contributed by atoms with E-state index in [4.69, 9.17) is 0 Å². The van der Waals surface area contributed by atoms with E-state index in [0.717, 1.165) is 16.9 Å². The SMILES string of the molecule is O=Cc1ccsc1-c1cnccn1. The van der Waals surface area contributed by atoms with Crippen molar-refractivity contribution in [2.24, 2.45) is 0 Å². The molecule has 0 spiro atoms. The van der Waals surface area contributed by atoms with Crippen LogP contribution in [0.3, 0.4) is 0 Å². The molecule has 13 heavy (non-hydrogen) atoms. The van der Waals surface area contributed by atoms with Crippen LogP contribution in [0.1, 0.15) is 10.4 Å². The van der Waals surface area contributed by atoms with Crippen LogP contribution in [0.4, 0.5) is 0 Å². The molecule has 4 heteroatoms. The Labute approximate surface area is 79.1 Å². The van der Waals surface area contributed by atoms with E-state index in [1.807, 2.05) is 5.38 Å². The van der Waals surface area contributed by atoms with E-state index in [-0.39, 0.29) is 0 Å². The van der Waals surface area contributed by atoms with Crippen molar-refractivity contribution in [1.82, 2.24) is 9.97 Å². The van der Waals surface area contributed by atoms with Gasteiger partial charge in [0, 0.05) is 18.0 Å². The van der Waals surface area contributed by atoms with Crippen molar-refractivity contribution in [2.45, 2.75) is 0 Å². The van der Waals surface area contributed by atoms with Gasteiger partial charge in [-0.2, -0.15) is 0 Å². The third-order valence-corrected chi connectivity index (χ3v) is 2.57. The number of aromatic nitrogens is 2. The van der Waals surface area contributed by atoms with Crippen LogP contribution in [-0.4, -0.2) is 16.3 Å². The van der Waals surface area contributed by atoms with Crippen molar-refractivity contribution >= 4 is 17.6 Å². The third-order valence-electron chi connectivity index (χ3n) is 1.62. The molecule has 0 atom stereocenters. The molecule has 0 radical (unpaired) electrons. The van der Waals surface area contributed by atoms with Gasteiger partial charge in [-0.1, -0.05) is 0 Å². The molecule has 0 aliphatic rings. The molecule has 0 saturated carbocycles. The number of thiophene rings is 1. The van der Waals surface area contributed by atoms with Crippen molar-refractivity contribution in [2.75, 3.05) is 0 Å². The van der Waals surface area contributed by atoms with E-state index in [1.165, 1.54) is 11.3 Å². The first-order chi connectivity index (χ1) is 6.42. The van der Waals surface area contributed by atoms with Gasteiger partial charge in [-0.05, 0) is 11.4 Å². The molecule has 0 saturated heterocycles. The largest absolute Gasteiger partial charge is 0.298 e. The molecule has 2 rings (SSSR count). The number of rotatable bonds is 2. The minimum absolute atomic E-state index is 0.672. The summed E-state index contributed by atoms with van der Waals surface area (Å²) in [6.07, 6.45) is 5.71. The number of nitrogens with zero attached hydrogens (tertiary/aromatic N) is 2. The number of aldehydes is 1. The third kappa shape index (κ3) is 1.48. The highest BCUT2D eigenvalue weighted by atomic mass is 32.1. The minimum Gasteiger partial charge on any atom is -0.298 e. The van der Waals surface area contributed by atoms with Gasteiger partial charge >= 0.3 is 0 Å². The van der Waals surface area contributed by atoms with Gasteiger partial charge in [-0.15, -0.1) is 11.3 Å². The zero-order valence-electron chi connectivity index (χ0n) is 6.68. The zero-order valence-corrected chi connectivity index (χ0v) is 7.49. The smallest absolute Gasteiger partial charge is 0.151 e. The second kappa shape index (κ2) is 3.45. The van der Waals surface area contributed by atoms with Gasteiger partial charge < -0.3 is 0 Å². The highest BCUT2D eigenvalue weighted by Gasteiger charge is 2.06. The molecule has 2 aromatic heterocycles. The fourth-order valence-electron chi connectivity index (χ4n) is 1.04. The molecule has 0 amide bonds. The molecule has 0 aromatic carbocycles. The fraction of sp³-hybridized carbons (Fsp3) is 0. The van der Waals surface area contributed by atoms with Crippen LogP contribution in [-0.2, 0) is 0 Å². The standard InChI is InChI=1S/C9H6N2OS/c12-6-7-1-4-13-9(7)8-5-10-2-3-11-8/h1-6H. The summed E-state index contributed by atoms with van der Waals surface area (Å²) in [5, 5.41) is 1.87. The Balaban J connectivity index is 2.52. The van der Waals surface area contributed by atoms with Crippen molar-refractivity contribution in [3.05, 3.63) is 35.6 Å². The van der Waals surface area contributed by atoms with Gasteiger partial charge in [0.2, 0.25) is 0 Å². The normalized spacial score (nSPS) is 9.85. The number of carbonyl (C=O) groups excluding carboxylic acids is 1. The molecule has 3 nitrogen and oxygen atoms in total. The van der Waals surface area contributed by atoms with Crippen LogP contribution in [0.25, 0.3) is 10.6 Å². The lowest BCUT2D eigenvalue weighted by atomic mass is 10.2. The average molecular weight is 190 g/mol. The van der Waals surface area contributed by atoms with E-state index in [2.05, 4.69) is 9.97 Å². The monoisotopic (exact) mass is 190 g/mol. The van der Waals surface area contributed by atoms with Crippen molar-refractivity contribution in [3.8, 4) is 10.6 Å². The molecule has 2 aromatic rings. The summed E-state index contributed by atoms with van der Waals surface area (Å²) in [5.74, 6) is 0. The van der Waals surface area contributed by atoms with Gasteiger partial charge in [0.25, 0.3) is 0 Å². The highest BCUT2D eigenvalue weighted by molar-refractivity contribution is 7.13. The van der Waals surface area contributed by atoms with E-state index >= 15 is 0 Å². The summed E-state index contributed by atoms with van der Waals surface area (Å²) in [4.78, 5) is 19.6. The summed E-state index contributed by atoms with van der Waals surface area (Å²) in [7, 11) is 0. The Hall–Kier alpha value is -1.55. The van der Waals surface area contributed by atoms with E-state index < -0.39 is 0 Å². The number of hydrogen-bond acceptors (Lipinski definition) is 4. The fourth-order valence-corrected chi connectivity index (χ4v) is 1.87. The van der Waals surface area contributed by atoms with Gasteiger partial charge in [-0.3, -0.25) is 14.8 Å². The number of carbonyl (C=O) groups is 1. The summed E-state index contributed by atoms with van der Waals surface area (Å²) >= 11 is 1.49. The van der Waals surface area contributed by atoms with Gasteiger partial charge in [-0.25, -0.2) is 0 Å². The second-order valence-electron chi connectivity index (χ2n) is 2.41. The molecule has 0 N–H and O–H groups in total. The molecule has 2 heterocycles. The zero-order chi connectivity index (χ0) is 9.10. The molecule has 0 unspecified atom stereocenters.